The molecule has 0 spiro atoms. The first kappa shape index (κ1) is 38.0. The van der Waals surface area contributed by atoms with Crippen LogP contribution in [0.1, 0.15) is 73.6 Å². The van der Waals surface area contributed by atoms with Crippen molar-refractivity contribution in [1.82, 2.24) is 16.0 Å². The van der Waals surface area contributed by atoms with E-state index in [-0.39, 0.29) is 49.4 Å². The summed E-state index contributed by atoms with van der Waals surface area (Å²) in [5.41, 5.74) is -0.100. The van der Waals surface area contributed by atoms with Gasteiger partial charge in [0, 0.05) is 25.9 Å². The molecule has 0 heterocycles. The van der Waals surface area contributed by atoms with Gasteiger partial charge in [-0.25, -0.2) is 9.59 Å². The van der Waals surface area contributed by atoms with Crippen molar-refractivity contribution in [3.8, 4) is 0 Å². The number of aliphatic hydroxyl groups is 1. The van der Waals surface area contributed by atoms with Gasteiger partial charge in [0.15, 0.2) is 5.76 Å². The number of ether oxygens (including phenoxy) is 3. The third-order valence-electron chi connectivity index (χ3n) is 5.58. The summed E-state index contributed by atoms with van der Waals surface area (Å²) in [4.78, 5) is 49.2. The van der Waals surface area contributed by atoms with Gasteiger partial charge in [-0.15, -0.1) is 0 Å². The fourth-order valence-electron chi connectivity index (χ4n) is 3.31. The molecule has 0 radical (unpaired) electrons. The summed E-state index contributed by atoms with van der Waals surface area (Å²) >= 11 is 4.02. The number of thiol groups is 1. The van der Waals surface area contributed by atoms with Gasteiger partial charge in [0.05, 0.1) is 13.2 Å². The minimum Gasteiger partial charge on any atom is -0.500 e. The first-order chi connectivity index (χ1) is 19.3. The van der Waals surface area contributed by atoms with Crippen LogP contribution in [0.5, 0.6) is 0 Å². The van der Waals surface area contributed by atoms with Crippen molar-refractivity contribution in [3.63, 3.8) is 0 Å². The number of carbonyl (C=O) groups is 4. The third kappa shape index (κ3) is 18.1. The number of carbonyl (C=O) groups excluding carboxylic acids is 4. The first-order valence-electron chi connectivity index (χ1n) is 13.9. The fourth-order valence-corrected chi connectivity index (χ4v) is 3.51. The zero-order valence-electron chi connectivity index (χ0n) is 25.5. The van der Waals surface area contributed by atoms with Gasteiger partial charge in [0.2, 0.25) is 11.8 Å². The number of aliphatic hydroxyl groups excluding tert-OH is 1. The van der Waals surface area contributed by atoms with Crippen molar-refractivity contribution in [2.24, 2.45) is 5.92 Å². The van der Waals surface area contributed by atoms with Crippen LogP contribution in [0, 0.1) is 5.92 Å². The van der Waals surface area contributed by atoms with Gasteiger partial charge in [-0.1, -0.05) is 39.3 Å². The van der Waals surface area contributed by atoms with E-state index in [9.17, 15) is 24.3 Å². The lowest BCUT2D eigenvalue weighted by molar-refractivity contribution is -0.145. The molecule has 0 aromatic carbocycles. The van der Waals surface area contributed by atoms with E-state index in [1.807, 2.05) is 20.8 Å². The molecular weight excluding hydrogens is 550 g/mol. The van der Waals surface area contributed by atoms with Crippen molar-refractivity contribution < 1.29 is 38.5 Å². The number of nitrogens with one attached hydrogen (secondary N) is 3. The second-order valence-electron chi connectivity index (χ2n) is 10.4. The first-order valence-corrected chi connectivity index (χ1v) is 14.6. The number of hydrogen-bond donors (Lipinski definition) is 5. The number of amides is 3. The Kier molecular flexibility index (Phi) is 19.3. The summed E-state index contributed by atoms with van der Waals surface area (Å²) in [6, 6.07) is -0.918. The zero-order valence-corrected chi connectivity index (χ0v) is 26.3. The lowest BCUT2D eigenvalue weighted by atomic mass is 9.99. The molecule has 3 unspecified atom stereocenters. The maximum atomic E-state index is 13.1. The van der Waals surface area contributed by atoms with E-state index in [0.29, 0.717) is 30.6 Å². The minimum atomic E-state index is -0.980. The fraction of sp³-hybridized carbons (Fsp3) is 0.655. The highest BCUT2D eigenvalue weighted by molar-refractivity contribution is 7.80. The summed E-state index contributed by atoms with van der Waals surface area (Å²) in [5.74, 6) is -1.01. The molecule has 0 aliphatic heterocycles. The predicted octanol–water partition coefficient (Wildman–Crippen LogP) is 3.54. The average molecular weight is 600 g/mol. The van der Waals surface area contributed by atoms with E-state index >= 15 is 0 Å². The number of alkyl carbamates (subject to hydrolysis) is 1. The van der Waals surface area contributed by atoms with Crippen LogP contribution >= 0.6 is 12.6 Å². The van der Waals surface area contributed by atoms with Gasteiger partial charge in [0.1, 0.15) is 17.9 Å². The standard InChI is InChI=1S/C29H49N3O8S/c1-8-11-21(23(33)18-31-24(34)15-17-41)13-14-22(19-38-7)39-27(36)26(20(3)9-2)32-25(35)12-10-16-30-28(37)40-29(4,5)6/h11,13-14,19-20,23,26,33,41H,8-10,12,15-18H2,1-7H3,(H,30,37)(H,31,34)(H,32,35)/b14-13-,21-11+,22-19-. The minimum absolute atomic E-state index is 0.0152. The van der Waals surface area contributed by atoms with E-state index in [4.69, 9.17) is 14.2 Å². The zero-order chi connectivity index (χ0) is 31.4. The summed E-state index contributed by atoms with van der Waals surface area (Å²) in [6.07, 6.45) is 6.44. The Balaban J connectivity index is 5.27. The third-order valence-corrected chi connectivity index (χ3v) is 5.80. The lowest BCUT2D eigenvalue weighted by Crippen LogP contribution is -2.46. The van der Waals surface area contributed by atoms with E-state index < -0.39 is 29.8 Å². The number of esters is 1. The van der Waals surface area contributed by atoms with Crippen molar-refractivity contribution in [2.75, 3.05) is 26.0 Å². The summed E-state index contributed by atoms with van der Waals surface area (Å²) < 4.78 is 15.8. The molecule has 41 heavy (non-hydrogen) atoms. The van der Waals surface area contributed by atoms with Crippen LogP contribution in [0.4, 0.5) is 4.79 Å². The van der Waals surface area contributed by atoms with Crippen LogP contribution in [0.25, 0.3) is 0 Å². The Bertz CT molecular complexity index is 928. The van der Waals surface area contributed by atoms with Crippen LogP contribution in [0.15, 0.2) is 35.8 Å². The van der Waals surface area contributed by atoms with Crippen molar-refractivity contribution >= 4 is 36.5 Å². The summed E-state index contributed by atoms with van der Waals surface area (Å²) in [5, 5.41) is 18.5. The highest BCUT2D eigenvalue weighted by atomic mass is 32.1. The maximum absolute atomic E-state index is 13.1. The number of methoxy groups -OCH3 is 1. The summed E-state index contributed by atoms with van der Waals surface area (Å²) in [7, 11) is 1.40. The quantitative estimate of drug-likeness (QED) is 0.0528. The van der Waals surface area contributed by atoms with Gasteiger partial charge in [-0.2, -0.15) is 12.6 Å². The lowest BCUT2D eigenvalue weighted by Gasteiger charge is -2.23. The second kappa shape index (κ2) is 20.8. The molecule has 4 N–H and O–H groups in total. The number of allylic oxidation sites excluding steroid dienone is 2. The predicted molar refractivity (Wildman–Crippen MR) is 161 cm³/mol. The highest BCUT2D eigenvalue weighted by Crippen LogP contribution is 2.15. The molecule has 3 amide bonds. The topological polar surface area (TPSA) is 152 Å². The highest BCUT2D eigenvalue weighted by Gasteiger charge is 2.28. The molecule has 0 saturated carbocycles. The largest absolute Gasteiger partial charge is 0.500 e. The molecule has 12 heteroatoms. The SMILES string of the molecule is CC\C=C(/C=C\C(=C\OC)OC(=O)C(NC(=O)CCCNC(=O)OC(C)(C)C)C(C)CC)C(O)CNC(=O)CCS. The molecule has 0 rings (SSSR count). The molecule has 11 nitrogen and oxygen atoms in total. The van der Waals surface area contributed by atoms with Crippen molar-refractivity contribution in [2.45, 2.75) is 91.4 Å². The van der Waals surface area contributed by atoms with E-state index in [1.165, 1.54) is 19.4 Å². The number of rotatable bonds is 18. The van der Waals surface area contributed by atoms with Crippen LogP contribution in [-0.4, -0.2) is 72.7 Å². The molecular formula is C29H49N3O8S. The van der Waals surface area contributed by atoms with Crippen molar-refractivity contribution in [3.05, 3.63) is 35.8 Å². The van der Waals surface area contributed by atoms with Gasteiger partial charge in [-0.3, -0.25) is 9.59 Å². The van der Waals surface area contributed by atoms with Crippen LogP contribution < -0.4 is 16.0 Å². The van der Waals surface area contributed by atoms with Crippen LogP contribution in [0.2, 0.25) is 0 Å². The van der Waals surface area contributed by atoms with Gasteiger partial charge < -0.3 is 35.3 Å². The molecule has 0 aliphatic carbocycles. The van der Waals surface area contributed by atoms with Crippen molar-refractivity contribution in [1.29, 1.82) is 0 Å². The number of hydrogen-bond acceptors (Lipinski definition) is 9. The van der Waals surface area contributed by atoms with Gasteiger partial charge >= 0.3 is 12.1 Å². The molecule has 234 valence electrons. The van der Waals surface area contributed by atoms with Gasteiger partial charge in [-0.05, 0) is 56.9 Å². The Labute approximate surface area is 249 Å². The second-order valence-corrected chi connectivity index (χ2v) is 10.8. The van der Waals surface area contributed by atoms with Gasteiger partial charge in [0.25, 0.3) is 0 Å². The molecule has 3 atom stereocenters. The smallest absolute Gasteiger partial charge is 0.407 e. The Morgan fingerprint density at radius 3 is 2.27 bits per heavy atom. The molecule has 0 aromatic rings. The Morgan fingerprint density at radius 1 is 1.02 bits per heavy atom. The molecule has 0 fully saturated rings. The Morgan fingerprint density at radius 2 is 1.71 bits per heavy atom. The molecule has 0 saturated heterocycles. The maximum Gasteiger partial charge on any atom is 0.407 e. The van der Waals surface area contributed by atoms with E-state index in [0.717, 1.165) is 0 Å². The normalized spacial score (nSPS) is 14.6. The van der Waals surface area contributed by atoms with Crippen LogP contribution in [0.3, 0.4) is 0 Å². The summed E-state index contributed by atoms with van der Waals surface area (Å²) in [6.45, 7) is 11.2. The van der Waals surface area contributed by atoms with E-state index in [2.05, 4.69) is 28.6 Å². The average Bonchev–Trinajstić information content (AvgIpc) is 2.89. The van der Waals surface area contributed by atoms with E-state index in [1.54, 1.807) is 32.9 Å². The van der Waals surface area contributed by atoms with Crippen LogP contribution in [-0.2, 0) is 28.6 Å². The Hall–Kier alpha value is -2.99. The molecule has 0 aliphatic rings. The molecule has 0 bridgehead atoms. The monoisotopic (exact) mass is 599 g/mol. The molecule has 0 aromatic heterocycles.